The largest absolute Gasteiger partial charge is 0.0875 e. The Kier molecular flexibility index (Phi) is 3.89. The van der Waals surface area contributed by atoms with Crippen LogP contribution in [0.1, 0.15) is 5.56 Å². The minimum atomic E-state index is 0.739. The highest BCUT2D eigenvalue weighted by Gasteiger charge is 2.06. The van der Waals surface area contributed by atoms with Gasteiger partial charge in [0.05, 0.1) is 5.02 Å². The molecule has 1 aromatic rings. The molecule has 0 saturated carbocycles. The first-order chi connectivity index (χ1) is 5.16. The molecule has 0 atom stereocenters. The molecule has 0 aliphatic rings. The molecule has 60 valence electrons. The van der Waals surface area contributed by atoms with E-state index in [-0.39, 0.29) is 0 Å². The number of alkyl halides is 1. The van der Waals surface area contributed by atoms with E-state index in [0.717, 1.165) is 24.9 Å². The molecule has 0 amide bonds. The van der Waals surface area contributed by atoms with Crippen LogP contribution in [-0.4, -0.2) is 0 Å². The van der Waals surface area contributed by atoms with Gasteiger partial charge in [-0.05, 0) is 33.6 Å². The molecule has 0 saturated heterocycles. The van der Waals surface area contributed by atoms with Crippen molar-refractivity contribution in [1.82, 2.24) is 0 Å². The lowest BCUT2D eigenvalue weighted by atomic mass is 10.2. The van der Waals surface area contributed by atoms with Gasteiger partial charge in [0, 0.05) is 14.3 Å². The molecule has 0 radical (unpaired) electrons. The number of hydrogen-bond acceptors (Lipinski definition) is 0. The van der Waals surface area contributed by atoms with Crippen molar-refractivity contribution in [1.29, 1.82) is 0 Å². The molecule has 1 rings (SSSR count). The molecule has 0 fully saturated rings. The fourth-order valence-corrected chi connectivity index (χ4v) is 3.43. The summed E-state index contributed by atoms with van der Waals surface area (Å²) in [6.07, 6.45) is 0. The van der Waals surface area contributed by atoms with E-state index in [1.807, 2.05) is 12.1 Å². The van der Waals surface area contributed by atoms with E-state index in [9.17, 15) is 0 Å². The summed E-state index contributed by atoms with van der Waals surface area (Å²) in [5, 5.41) is 1.53. The molecule has 1 aromatic carbocycles. The van der Waals surface area contributed by atoms with Crippen LogP contribution < -0.4 is 0 Å². The van der Waals surface area contributed by atoms with Crippen molar-refractivity contribution in [3.05, 3.63) is 31.7 Å². The average Bonchev–Trinajstić information content (AvgIpc) is 1.99. The molecule has 0 aromatic heterocycles. The maximum atomic E-state index is 5.88. The SMILES string of the molecule is Clc1ccc(Br)c(CBr)c1Br. The zero-order valence-electron chi connectivity index (χ0n) is 5.37. The lowest BCUT2D eigenvalue weighted by molar-refractivity contribution is 1.37. The predicted molar refractivity (Wildman–Crippen MR) is 59.5 cm³/mol. The maximum absolute atomic E-state index is 5.88. The van der Waals surface area contributed by atoms with Crippen molar-refractivity contribution in [2.45, 2.75) is 5.33 Å². The van der Waals surface area contributed by atoms with Gasteiger partial charge < -0.3 is 0 Å². The topological polar surface area (TPSA) is 0 Å². The summed E-state index contributed by atoms with van der Waals surface area (Å²) in [5.74, 6) is 0. The van der Waals surface area contributed by atoms with E-state index >= 15 is 0 Å². The minimum absolute atomic E-state index is 0.739. The van der Waals surface area contributed by atoms with Crippen molar-refractivity contribution < 1.29 is 0 Å². The van der Waals surface area contributed by atoms with Gasteiger partial charge in [0.1, 0.15) is 0 Å². The third-order valence-electron chi connectivity index (χ3n) is 1.27. The molecule has 0 aliphatic heterocycles. The maximum Gasteiger partial charge on any atom is 0.0551 e. The van der Waals surface area contributed by atoms with Crippen LogP contribution in [0.4, 0.5) is 0 Å². The Labute approximate surface area is 95.7 Å². The fraction of sp³-hybridized carbons (Fsp3) is 0.143. The van der Waals surface area contributed by atoms with E-state index in [1.165, 1.54) is 0 Å². The second-order valence-corrected chi connectivity index (χ2v) is 4.57. The third kappa shape index (κ3) is 2.20. The van der Waals surface area contributed by atoms with Crippen molar-refractivity contribution in [2.75, 3.05) is 0 Å². The molecular weight excluding hydrogens is 359 g/mol. The monoisotopic (exact) mass is 360 g/mol. The van der Waals surface area contributed by atoms with Gasteiger partial charge in [-0.25, -0.2) is 0 Å². The molecule has 0 aliphatic carbocycles. The fourth-order valence-electron chi connectivity index (χ4n) is 0.692. The quantitative estimate of drug-likeness (QED) is 0.499. The Balaban J connectivity index is 3.29. The molecule has 0 N–H and O–H groups in total. The van der Waals surface area contributed by atoms with Gasteiger partial charge in [-0.1, -0.05) is 43.5 Å². The molecule has 0 bridgehead atoms. The number of hydrogen-bond donors (Lipinski definition) is 0. The first-order valence-electron chi connectivity index (χ1n) is 2.85. The Morgan fingerprint density at radius 1 is 1.27 bits per heavy atom. The number of halogens is 4. The summed E-state index contributed by atoms with van der Waals surface area (Å²) in [4.78, 5) is 0. The Morgan fingerprint density at radius 3 is 2.36 bits per heavy atom. The first kappa shape index (κ1) is 10.0. The zero-order valence-corrected chi connectivity index (χ0v) is 10.9. The summed E-state index contributed by atoms with van der Waals surface area (Å²) < 4.78 is 2.01. The van der Waals surface area contributed by atoms with Crippen molar-refractivity contribution in [2.24, 2.45) is 0 Å². The predicted octanol–water partition coefficient (Wildman–Crippen LogP) is 4.76. The van der Waals surface area contributed by atoms with Gasteiger partial charge >= 0.3 is 0 Å². The number of rotatable bonds is 1. The van der Waals surface area contributed by atoms with E-state index in [4.69, 9.17) is 11.6 Å². The van der Waals surface area contributed by atoms with E-state index < -0.39 is 0 Å². The molecule has 0 nitrogen and oxygen atoms in total. The Hall–Kier alpha value is 0.950. The lowest BCUT2D eigenvalue weighted by Crippen LogP contribution is -1.83. The Bertz CT molecular complexity index is 273. The van der Waals surface area contributed by atoms with E-state index in [2.05, 4.69) is 47.8 Å². The second-order valence-electron chi connectivity index (χ2n) is 1.96. The van der Waals surface area contributed by atoms with Gasteiger partial charge in [0.25, 0.3) is 0 Å². The third-order valence-corrected chi connectivity index (χ3v) is 4.03. The van der Waals surface area contributed by atoms with E-state index in [1.54, 1.807) is 0 Å². The highest BCUT2D eigenvalue weighted by Crippen LogP contribution is 2.33. The normalized spacial score (nSPS) is 10.2. The van der Waals surface area contributed by atoms with Gasteiger partial charge in [-0.15, -0.1) is 0 Å². The lowest BCUT2D eigenvalue weighted by Gasteiger charge is -2.04. The molecule has 4 heteroatoms. The van der Waals surface area contributed by atoms with Gasteiger partial charge in [-0.2, -0.15) is 0 Å². The van der Waals surface area contributed by atoms with Crippen molar-refractivity contribution in [3.8, 4) is 0 Å². The summed E-state index contributed by atoms with van der Waals surface area (Å²) in [7, 11) is 0. The summed E-state index contributed by atoms with van der Waals surface area (Å²) in [5.41, 5.74) is 1.14. The highest BCUT2D eigenvalue weighted by molar-refractivity contribution is 9.11. The zero-order chi connectivity index (χ0) is 8.43. The Morgan fingerprint density at radius 2 is 1.91 bits per heavy atom. The summed E-state index contributed by atoms with van der Waals surface area (Å²) >= 11 is 16.1. The van der Waals surface area contributed by atoms with Crippen LogP contribution in [-0.2, 0) is 5.33 Å². The summed E-state index contributed by atoms with van der Waals surface area (Å²) in [6.45, 7) is 0. The van der Waals surface area contributed by atoms with Crippen LogP contribution in [0.2, 0.25) is 5.02 Å². The second kappa shape index (κ2) is 4.26. The smallest absolute Gasteiger partial charge is 0.0551 e. The van der Waals surface area contributed by atoms with Crippen LogP contribution in [0, 0.1) is 0 Å². The van der Waals surface area contributed by atoms with Gasteiger partial charge in [0.15, 0.2) is 0 Å². The van der Waals surface area contributed by atoms with Crippen molar-refractivity contribution in [3.63, 3.8) is 0 Å². The average molecular weight is 363 g/mol. The highest BCUT2D eigenvalue weighted by atomic mass is 79.9. The summed E-state index contributed by atoms with van der Waals surface area (Å²) in [6, 6.07) is 3.78. The minimum Gasteiger partial charge on any atom is -0.0875 e. The van der Waals surface area contributed by atoms with Crippen LogP contribution in [0.25, 0.3) is 0 Å². The molecule has 0 spiro atoms. The molecular formula is C7H4Br3Cl. The van der Waals surface area contributed by atoms with Crippen LogP contribution in [0.5, 0.6) is 0 Å². The molecule has 11 heavy (non-hydrogen) atoms. The number of benzene rings is 1. The van der Waals surface area contributed by atoms with Crippen LogP contribution in [0.3, 0.4) is 0 Å². The van der Waals surface area contributed by atoms with Crippen molar-refractivity contribution >= 4 is 59.4 Å². The van der Waals surface area contributed by atoms with E-state index in [0.29, 0.717) is 0 Å². The standard InChI is InChI=1S/C7H4Br3Cl/c8-3-4-5(9)1-2-6(11)7(4)10/h1-2H,3H2. The molecule has 0 unspecified atom stereocenters. The van der Waals surface area contributed by atoms with Crippen LogP contribution in [0.15, 0.2) is 21.1 Å². The first-order valence-corrected chi connectivity index (χ1v) is 5.93. The van der Waals surface area contributed by atoms with Gasteiger partial charge in [0.2, 0.25) is 0 Å². The van der Waals surface area contributed by atoms with Crippen LogP contribution >= 0.6 is 59.4 Å². The molecule has 0 heterocycles. The van der Waals surface area contributed by atoms with Gasteiger partial charge in [-0.3, -0.25) is 0 Å².